The molecule has 0 aromatic carbocycles. The van der Waals surface area contributed by atoms with Gasteiger partial charge in [0.25, 0.3) is 0 Å². The van der Waals surface area contributed by atoms with Crippen LogP contribution >= 0.6 is 11.3 Å². The van der Waals surface area contributed by atoms with Gasteiger partial charge in [-0.05, 0) is 30.2 Å². The molecule has 2 nitrogen and oxygen atoms in total. The van der Waals surface area contributed by atoms with Crippen molar-refractivity contribution in [3.05, 3.63) is 22.4 Å². The highest BCUT2D eigenvalue weighted by Gasteiger charge is 2.37. The molecule has 0 spiro atoms. The summed E-state index contributed by atoms with van der Waals surface area (Å²) in [7, 11) is 0. The molecule has 108 valence electrons. The van der Waals surface area contributed by atoms with E-state index in [0.29, 0.717) is 17.5 Å². The summed E-state index contributed by atoms with van der Waals surface area (Å²) in [5.41, 5.74) is 0.322. The van der Waals surface area contributed by atoms with Crippen LogP contribution in [0.5, 0.6) is 0 Å². The molecule has 1 aliphatic rings. The fraction of sp³-hybridized carbons (Fsp3) is 0.750. The molecule has 1 unspecified atom stereocenters. The lowest BCUT2D eigenvalue weighted by molar-refractivity contribution is 0.0451. The van der Waals surface area contributed by atoms with Crippen molar-refractivity contribution < 1.29 is 0 Å². The number of hydrogen-bond acceptors (Lipinski definition) is 3. The average molecular weight is 280 g/mol. The Morgan fingerprint density at radius 3 is 2.68 bits per heavy atom. The average Bonchev–Trinajstić information content (AvgIpc) is 2.91. The Morgan fingerprint density at radius 2 is 2.16 bits per heavy atom. The van der Waals surface area contributed by atoms with Crippen molar-refractivity contribution in [2.75, 3.05) is 13.1 Å². The third kappa shape index (κ3) is 3.39. The first kappa shape index (κ1) is 15.0. The second-order valence-corrected chi connectivity index (χ2v) is 7.20. The fourth-order valence-electron chi connectivity index (χ4n) is 3.17. The topological polar surface area (TPSA) is 15.3 Å². The van der Waals surface area contributed by atoms with E-state index in [-0.39, 0.29) is 0 Å². The van der Waals surface area contributed by atoms with Gasteiger partial charge < -0.3 is 5.32 Å². The van der Waals surface area contributed by atoms with Crippen LogP contribution in [-0.4, -0.2) is 29.6 Å². The smallest absolute Gasteiger partial charge is 0.0332 e. The fourth-order valence-corrected chi connectivity index (χ4v) is 3.90. The van der Waals surface area contributed by atoms with Gasteiger partial charge in [-0.3, -0.25) is 4.90 Å². The van der Waals surface area contributed by atoms with Gasteiger partial charge in [0.2, 0.25) is 0 Å². The molecule has 1 aliphatic heterocycles. The lowest BCUT2D eigenvalue weighted by Crippen LogP contribution is -2.64. The molecule has 1 saturated heterocycles. The number of nitrogens with one attached hydrogen (secondary N) is 1. The maximum Gasteiger partial charge on any atom is 0.0332 e. The maximum atomic E-state index is 3.83. The molecule has 1 aromatic rings. The zero-order valence-corrected chi connectivity index (χ0v) is 13.6. The summed E-state index contributed by atoms with van der Waals surface area (Å²) < 4.78 is 0. The van der Waals surface area contributed by atoms with Crippen molar-refractivity contribution in [1.82, 2.24) is 10.2 Å². The van der Waals surface area contributed by atoms with Gasteiger partial charge in [0.15, 0.2) is 0 Å². The van der Waals surface area contributed by atoms with Crippen molar-refractivity contribution in [3.63, 3.8) is 0 Å². The van der Waals surface area contributed by atoms with Gasteiger partial charge in [0, 0.05) is 36.1 Å². The van der Waals surface area contributed by atoms with Gasteiger partial charge in [-0.15, -0.1) is 11.3 Å². The van der Waals surface area contributed by atoms with Crippen LogP contribution in [0, 0.1) is 5.92 Å². The molecule has 0 radical (unpaired) electrons. The molecular weight excluding hydrogens is 252 g/mol. The molecule has 19 heavy (non-hydrogen) atoms. The van der Waals surface area contributed by atoms with Crippen molar-refractivity contribution in [1.29, 1.82) is 0 Å². The van der Waals surface area contributed by atoms with Crippen LogP contribution in [0.1, 0.15) is 45.4 Å². The second-order valence-electron chi connectivity index (χ2n) is 6.16. The summed E-state index contributed by atoms with van der Waals surface area (Å²) in [6.45, 7) is 12.7. The van der Waals surface area contributed by atoms with E-state index < -0.39 is 0 Å². The van der Waals surface area contributed by atoms with Crippen LogP contribution < -0.4 is 5.32 Å². The normalized spacial score (nSPS) is 23.9. The molecule has 0 amide bonds. The third-order valence-corrected chi connectivity index (χ3v) is 5.58. The minimum Gasteiger partial charge on any atom is -0.308 e. The van der Waals surface area contributed by atoms with Gasteiger partial charge >= 0.3 is 0 Å². The predicted molar refractivity (Wildman–Crippen MR) is 84.7 cm³/mol. The van der Waals surface area contributed by atoms with E-state index in [1.54, 1.807) is 0 Å². The number of nitrogens with zero attached hydrogens (tertiary/aromatic N) is 1. The highest BCUT2D eigenvalue weighted by Crippen LogP contribution is 2.27. The Morgan fingerprint density at radius 1 is 1.42 bits per heavy atom. The van der Waals surface area contributed by atoms with E-state index in [9.17, 15) is 0 Å². The molecule has 2 rings (SSSR count). The Bertz CT molecular complexity index is 368. The zero-order chi connectivity index (χ0) is 13.9. The minimum atomic E-state index is 0.322. The van der Waals surface area contributed by atoms with E-state index in [2.05, 4.69) is 55.4 Å². The molecule has 0 aliphatic carbocycles. The second kappa shape index (κ2) is 6.38. The van der Waals surface area contributed by atoms with Crippen LogP contribution in [0.4, 0.5) is 0 Å². The molecule has 3 heteroatoms. The lowest BCUT2D eigenvalue weighted by Gasteiger charge is -2.48. The number of rotatable bonds is 5. The summed E-state index contributed by atoms with van der Waals surface area (Å²) in [5.74, 6) is 0.708. The first-order valence-electron chi connectivity index (χ1n) is 7.61. The third-order valence-electron chi connectivity index (χ3n) is 4.72. The molecular formula is C16H28N2S. The lowest BCUT2D eigenvalue weighted by atomic mass is 9.86. The monoisotopic (exact) mass is 280 g/mol. The Labute approximate surface area is 122 Å². The maximum absolute atomic E-state index is 3.83. The van der Waals surface area contributed by atoms with Gasteiger partial charge in [0.1, 0.15) is 0 Å². The molecule has 1 atom stereocenters. The van der Waals surface area contributed by atoms with Crippen LogP contribution in [0.15, 0.2) is 17.5 Å². The van der Waals surface area contributed by atoms with Crippen LogP contribution in [0.2, 0.25) is 0 Å². The standard InChI is InChI=1S/C16H28N2S/c1-5-16(6-2)12-18(11-14-8-7-9-19-14)15(10-17-16)13(3)4/h7-9,13,15,17H,5-6,10-12H2,1-4H3. The Hall–Kier alpha value is -0.380. The largest absolute Gasteiger partial charge is 0.308 e. The predicted octanol–water partition coefficient (Wildman–Crippen LogP) is 3.74. The Kier molecular flexibility index (Phi) is 5.04. The zero-order valence-electron chi connectivity index (χ0n) is 12.8. The SMILES string of the molecule is CCC1(CC)CN(Cc2cccs2)C(C(C)C)CN1. The number of piperazine rings is 1. The van der Waals surface area contributed by atoms with E-state index in [1.807, 2.05) is 11.3 Å². The summed E-state index contributed by atoms with van der Waals surface area (Å²) in [4.78, 5) is 4.20. The summed E-state index contributed by atoms with van der Waals surface area (Å²) >= 11 is 1.88. The van der Waals surface area contributed by atoms with E-state index >= 15 is 0 Å². The molecule has 1 N–H and O–H groups in total. The van der Waals surface area contributed by atoms with Gasteiger partial charge in [-0.2, -0.15) is 0 Å². The van der Waals surface area contributed by atoms with Gasteiger partial charge in [-0.1, -0.05) is 33.8 Å². The molecule has 0 bridgehead atoms. The molecule has 0 saturated carbocycles. The highest BCUT2D eigenvalue weighted by molar-refractivity contribution is 7.09. The minimum absolute atomic E-state index is 0.322. The van der Waals surface area contributed by atoms with Crippen molar-refractivity contribution in [2.24, 2.45) is 5.92 Å². The Balaban J connectivity index is 2.12. The summed E-state index contributed by atoms with van der Waals surface area (Å²) in [5, 5.41) is 6.02. The van der Waals surface area contributed by atoms with Crippen LogP contribution in [0.25, 0.3) is 0 Å². The summed E-state index contributed by atoms with van der Waals surface area (Å²) in [6, 6.07) is 5.09. The first-order valence-corrected chi connectivity index (χ1v) is 8.49. The molecule has 1 aromatic heterocycles. The van der Waals surface area contributed by atoms with Crippen molar-refractivity contribution in [2.45, 2.75) is 58.7 Å². The van der Waals surface area contributed by atoms with E-state index in [1.165, 1.54) is 24.3 Å². The van der Waals surface area contributed by atoms with Gasteiger partial charge in [-0.25, -0.2) is 0 Å². The van der Waals surface area contributed by atoms with E-state index in [4.69, 9.17) is 0 Å². The molecule has 2 heterocycles. The highest BCUT2D eigenvalue weighted by atomic mass is 32.1. The molecule has 1 fully saturated rings. The van der Waals surface area contributed by atoms with Crippen molar-refractivity contribution in [3.8, 4) is 0 Å². The van der Waals surface area contributed by atoms with Crippen molar-refractivity contribution >= 4 is 11.3 Å². The quantitative estimate of drug-likeness (QED) is 0.884. The van der Waals surface area contributed by atoms with Crippen LogP contribution in [-0.2, 0) is 6.54 Å². The summed E-state index contributed by atoms with van der Waals surface area (Å²) in [6.07, 6.45) is 2.44. The van der Waals surface area contributed by atoms with Crippen LogP contribution in [0.3, 0.4) is 0 Å². The number of hydrogen-bond donors (Lipinski definition) is 1. The first-order chi connectivity index (χ1) is 9.10. The van der Waals surface area contributed by atoms with E-state index in [0.717, 1.165) is 13.1 Å². The number of thiophene rings is 1. The van der Waals surface area contributed by atoms with Gasteiger partial charge in [0.05, 0.1) is 0 Å².